The minimum Gasteiger partial charge on any atom is -0.0648 e. The zero-order valence-electron chi connectivity index (χ0n) is 14.2. The molecule has 1 unspecified atom stereocenters. The Bertz CT molecular complexity index is 692. The van der Waals surface area contributed by atoms with Crippen LogP contribution in [-0.4, -0.2) is 0 Å². The summed E-state index contributed by atoms with van der Waals surface area (Å²) in [7, 11) is 0. The molecule has 4 rings (SSSR count). The summed E-state index contributed by atoms with van der Waals surface area (Å²) in [6.45, 7) is 9.90. The molecule has 0 bridgehead atoms. The summed E-state index contributed by atoms with van der Waals surface area (Å²) in [6, 6.07) is 18.3. The van der Waals surface area contributed by atoms with Crippen LogP contribution in [0.2, 0.25) is 0 Å². The van der Waals surface area contributed by atoms with Crippen molar-refractivity contribution >= 4 is 0 Å². The van der Waals surface area contributed by atoms with E-state index < -0.39 is 0 Å². The van der Waals surface area contributed by atoms with Gasteiger partial charge in [0.1, 0.15) is 0 Å². The van der Waals surface area contributed by atoms with Crippen molar-refractivity contribution in [3.63, 3.8) is 0 Å². The van der Waals surface area contributed by atoms with Crippen LogP contribution >= 0.6 is 0 Å². The lowest BCUT2D eigenvalue weighted by Gasteiger charge is -2.50. The molecule has 114 valence electrons. The largest absolute Gasteiger partial charge is 0.0648 e. The van der Waals surface area contributed by atoms with Crippen molar-refractivity contribution < 1.29 is 0 Å². The van der Waals surface area contributed by atoms with Crippen molar-refractivity contribution in [3.05, 3.63) is 59.7 Å². The molecular formula is C22H26. The molecule has 2 aromatic rings. The molecule has 0 heteroatoms. The zero-order chi connectivity index (χ0) is 15.6. The Hall–Kier alpha value is -1.56. The molecule has 1 fully saturated rings. The third kappa shape index (κ3) is 1.35. The molecule has 1 atom stereocenters. The maximum absolute atomic E-state index is 2.53. The van der Waals surface area contributed by atoms with Crippen LogP contribution in [0.1, 0.15) is 58.1 Å². The van der Waals surface area contributed by atoms with E-state index >= 15 is 0 Å². The molecule has 0 radical (unpaired) electrons. The number of fused-ring (bicyclic) bond motifs is 5. The third-order valence-corrected chi connectivity index (χ3v) is 6.95. The van der Waals surface area contributed by atoms with Crippen LogP contribution in [0.25, 0.3) is 11.1 Å². The van der Waals surface area contributed by atoms with Crippen molar-refractivity contribution in [1.29, 1.82) is 0 Å². The molecule has 22 heavy (non-hydrogen) atoms. The Kier molecular flexibility index (Phi) is 2.72. The second-order valence-electron chi connectivity index (χ2n) is 8.14. The predicted octanol–water partition coefficient (Wildman–Crippen LogP) is 6.19. The van der Waals surface area contributed by atoms with E-state index in [-0.39, 0.29) is 5.41 Å². The maximum atomic E-state index is 2.53. The van der Waals surface area contributed by atoms with Gasteiger partial charge in [-0.25, -0.2) is 0 Å². The van der Waals surface area contributed by atoms with Crippen LogP contribution in [0.4, 0.5) is 0 Å². The van der Waals surface area contributed by atoms with Crippen molar-refractivity contribution in [2.75, 3.05) is 0 Å². The van der Waals surface area contributed by atoms with Crippen molar-refractivity contribution in [3.8, 4) is 11.1 Å². The van der Waals surface area contributed by atoms with Crippen molar-refractivity contribution in [2.24, 2.45) is 10.8 Å². The number of rotatable bonds is 1. The molecule has 0 N–H and O–H groups in total. The quantitative estimate of drug-likeness (QED) is 0.587. The summed E-state index contributed by atoms with van der Waals surface area (Å²) in [4.78, 5) is 0. The highest BCUT2D eigenvalue weighted by molar-refractivity contribution is 5.82. The average molecular weight is 290 g/mol. The fourth-order valence-corrected chi connectivity index (χ4v) is 5.84. The minimum atomic E-state index is 0.155. The summed E-state index contributed by atoms with van der Waals surface area (Å²) in [5.41, 5.74) is 6.85. The topological polar surface area (TPSA) is 0 Å². The molecular weight excluding hydrogens is 264 g/mol. The number of benzene rings is 2. The van der Waals surface area contributed by atoms with Gasteiger partial charge in [-0.2, -0.15) is 0 Å². The predicted molar refractivity (Wildman–Crippen MR) is 94.1 cm³/mol. The summed E-state index contributed by atoms with van der Waals surface area (Å²) >= 11 is 0. The van der Waals surface area contributed by atoms with Gasteiger partial charge in [-0.1, -0.05) is 76.2 Å². The highest BCUT2D eigenvalue weighted by atomic mass is 14.7. The van der Waals surface area contributed by atoms with E-state index in [4.69, 9.17) is 0 Å². The Morgan fingerprint density at radius 3 is 1.77 bits per heavy atom. The summed E-state index contributed by atoms with van der Waals surface area (Å²) in [5.74, 6) is 0. The summed E-state index contributed by atoms with van der Waals surface area (Å²) in [5, 5.41) is 0. The molecule has 1 saturated carbocycles. The monoisotopic (exact) mass is 290 g/mol. The van der Waals surface area contributed by atoms with E-state index in [2.05, 4.69) is 76.2 Å². The van der Waals surface area contributed by atoms with Crippen LogP contribution in [0.3, 0.4) is 0 Å². The lowest BCUT2D eigenvalue weighted by molar-refractivity contribution is 0.128. The first-order valence-electron chi connectivity index (χ1n) is 8.67. The molecule has 2 aliphatic carbocycles. The van der Waals surface area contributed by atoms with Gasteiger partial charge in [-0.3, -0.25) is 0 Å². The van der Waals surface area contributed by atoms with E-state index in [1.165, 1.54) is 30.4 Å². The van der Waals surface area contributed by atoms with Gasteiger partial charge in [0.15, 0.2) is 0 Å². The van der Waals surface area contributed by atoms with E-state index in [9.17, 15) is 0 Å². The average Bonchev–Trinajstić information content (AvgIpc) is 2.96. The molecule has 1 spiro atoms. The molecule has 0 aliphatic heterocycles. The fraction of sp³-hybridized carbons (Fsp3) is 0.455. The Morgan fingerprint density at radius 2 is 1.27 bits per heavy atom. The fourth-order valence-electron chi connectivity index (χ4n) is 5.84. The van der Waals surface area contributed by atoms with Gasteiger partial charge in [0.2, 0.25) is 0 Å². The Morgan fingerprint density at radius 1 is 0.773 bits per heavy atom. The summed E-state index contributed by atoms with van der Waals surface area (Å²) < 4.78 is 0. The first kappa shape index (κ1) is 14.1. The van der Waals surface area contributed by atoms with Gasteiger partial charge >= 0.3 is 0 Å². The van der Waals surface area contributed by atoms with Crippen LogP contribution in [0, 0.1) is 10.8 Å². The van der Waals surface area contributed by atoms with E-state index in [0.717, 1.165) is 0 Å². The molecule has 0 amide bonds. The lowest BCUT2D eigenvalue weighted by Crippen LogP contribution is -2.47. The Balaban J connectivity index is 2.17. The first-order chi connectivity index (χ1) is 10.5. The smallest absolute Gasteiger partial charge is 0.0319 e. The maximum Gasteiger partial charge on any atom is 0.0319 e. The number of hydrogen-bond donors (Lipinski definition) is 0. The Labute approximate surface area is 134 Å². The molecule has 0 nitrogen and oxygen atoms in total. The minimum absolute atomic E-state index is 0.155. The van der Waals surface area contributed by atoms with Gasteiger partial charge in [-0.05, 0) is 52.3 Å². The van der Waals surface area contributed by atoms with Crippen molar-refractivity contribution in [2.45, 2.75) is 52.4 Å². The van der Waals surface area contributed by atoms with Crippen LogP contribution in [0.15, 0.2) is 48.5 Å². The third-order valence-electron chi connectivity index (χ3n) is 6.95. The van der Waals surface area contributed by atoms with Gasteiger partial charge < -0.3 is 0 Å². The standard InChI is InChI=1S/C22H26/c1-5-21(4)15-14-20(2,3)22(21)18-12-8-6-10-16(18)17-11-7-9-13-19(17)22/h6-13H,5,14-15H2,1-4H3. The molecule has 0 saturated heterocycles. The molecule has 2 aliphatic rings. The van der Waals surface area contributed by atoms with Gasteiger partial charge in [-0.15, -0.1) is 0 Å². The zero-order valence-corrected chi connectivity index (χ0v) is 14.2. The highest BCUT2D eigenvalue weighted by Crippen LogP contribution is 2.72. The molecule has 0 heterocycles. The second-order valence-corrected chi connectivity index (χ2v) is 8.14. The normalized spacial score (nSPS) is 26.9. The molecule has 0 aromatic heterocycles. The van der Waals surface area contributed by atoms with Crippen molar-refractivity contribution in [1.82, 2.24) is 0 Å². The molecule has 2 aromatic carbocycles. The highest BCUT2D eigenvalue weighted by Gasteiger charge is 2.65. The van der Waals surface area contributed by atoms with Crippen LogP contribution in [0.5, 0.6) is 0 Å². The van der Waals surface area contributed by atoms with E-state index in [1.54, 1.807) is 11.1 Å². The van der Waals surface area contributed by atoms with E-state index in [1.807, 2.05) is 0 Å². The van der Waals surface area contributed by atoms with Gasteiger partial charge in [0, 0.05) is 5.41 Å². The van der Waals surface area contributed by atoms with Crippen LogP contribution in [-0.2, 0) is 5.41 Å². The van der Waals surface area contributed by atoms with E-state index in [0.29, 0.717) is 10.8 Å². The van der Waals surface area contributed by atoms with Crippen LogP contribution < -0.4 is 0 Å². The lowest BCUT2D eigenvalue weighted by atomic mass is 9.52. The number of hydrogen-bond acceptors (Lipinski definition) is 0. The first-order valence-corrected chi connectivity index (χ1v) is 8.67. The second kappa shape index (κ2) is 4.25. The SMILES string of the molecule is CCC1(C)CCC(C)(C)C12c1ccccc1-c1ccccc12. The van der Waals surface area contributed by atoms with Gasteiger partial charge in [0.25, 0.3) is 0 Å². The van der Waals surface area contributed by atoms with Gasteiger partial charge in [0.05, 0.1) is 0 Å². The summed E-state index contributed by atoms with van der Waals surface area (Å²) in [6.07, 6.45) is 3.86.